The predicted octanol–water partition coefficient (Wildman–Crippen LogP) is 2.82. The summed E-state index contributed by atoms with van der Waals surface area (Å²) >= 11 is 5.89. The molecule has 1 N–H and O–H groups in total. The fraction of sp³-hybridized carbons (Fsp3) is 0.857. The zero-order valence-corrected chi connectivity index (χ0v) is 14.9. The first kappa shape index (κ1) is 17.7. The Hall–Kier alpha value is -0.393. The molecule has 1 aliphatic rings. The van der Waals surface area contributed by atoms with E-state index in [1.54, 1.807) is 7.11 Å². The van der Waals surface area contributed by atoms with E-state index in [-0.39, 0.29) is 18.7 Å². The second-order valence-corrected chi connectivity index (χ2v) is 12.1. The van der Waals surface area contributed by atoms with Gasteiger partial charge in [0, 0.05) is 5.88 Å². The van der Waals surface area contributed by atoms with Crippen molar-refractivity contribution in [1.29, 1.82) is 0 Å². The van der Waals surface area contributed by atoms with Gasteiger partial charge in [-0.15, -0.1) is 11.6 Å². The Morgan fingerprint density at radius 1 is 1.35 bits per heavy atom. The summed E-state index contributed by atoms with van der Waals surface area (Å²) in [4.78, 5) is 9.40. The van der Waals surface area contributed by atoms with Crippen LogP contribution in [0.3, 0.4) is 0 Å². The summed E-state index contributed by atoms with van der Waals surface area (Å²) in [7, 11) is 0.230. The lowest BCUT2D eigenvalue weighted by molar-refractivity contribution is 0.340. The average molecular weight is 319 g/mol. The lowest BCUT2D eigenvalue weighted by atomic mass is 9.98. The number of ether oxygens (including phenoxy) is 1. The number of hydrogen-bond donors (Lipinski definition) is 1. The van der Waals surface area contributed by atoms with Gasteiger partial charge < -0.3 is 9.84 Å². The van der Waals surface area contributed by atoms with Gasteiger partial charge in [0.25, 0.3) is 0 Å². The molecule has 0 radical (unpaired) electrons. The van der Waals surface area contributed by atoms with Crippen LogP contribution in [0.4, 0.5) is 0 Å². The molecule has 0 fully saturated rings. The molecule has 4 nitrogen and oxygen atoms in total. The number of hydrogen-bond acceptors (Lipinski definition) is 4. The molecule has 0 aromatic carbocycles. The Morgan fingerprint density at radius 2 is 2.00 bits per heavy atom. The van der Waals surface area contributed by atoms with E-state index < -0.39 is 8.07 Å². The van der Waals surface area contributed by atoms with Crippen LogP contribution in [0.5, 0.6) is 0 Å². The molecule has 0 amide bonds. The van der Waals surface area contributed by atoms with E-state index in [1.807, 2.05) is 0 Å². The summed E-state index contributed by atoms with van der Waals surface area (Å²) in [5.41, 5.74) is 0.779. The molecule has 1 heterocycles. The molecule has 20 heavy (non-hydrogen) atoms. The summed E-state index contributed by atoms with van der Waals surface area (Å²) in [6, 6.07) is 1.89. The van der Waals surface area contributed by atoms with Crippen LogP contribution in [0.1, 0.15) is 13.8 Å². The van der Waals surface area contributed by atoms with E-state index >= 15 is 0 Å². The van der Waals surface area contributed by atoms with Gasteiger partial charge in [0.1, 0.15) is 6.04 Å². The second-order valence-electron chi connectivity index (χ2n) is 6.46. The molecule has 0 unspecified atom stereocenters. The van der Waals surface area contributed by atoms with Gasteiger partial charge in [-0.25, -0.2) is 4.99 Å². The van der Waals surface area contributed by atoms with Crippen LogP contribution in [0.25, 0.3) is 0 Å². The van der Waals surface area contributed by atoms with Crippen molar-refractivity contribution in [2.24, 2.45) is 15.9 Å². The average Bonchev–Trinajstić information content (AvgIpc) is 2.37. The van der Waals surface area contributed by atoms with Gasteiger partial charge >= 0.3 is 0 Å². The number of rotatable bonds is 6. The minimum Gasteiger partial charge on any atom is -0.483 e. The number of aliphatic imine (C=N–C) groups is 2. The van der Waals surface area contributed by atoms with Crippen molar-refractivity contribution in [3.8, 4) is 0 Å². The number of nitrogens with zero attached hydrogens (tertiary/aromatic N) is 2. The SMILES string of the molecule is COC1=N[C@H](C(C)C)C(CO)=N[C@H]1C[Si](C)(C)CCCl. The Labute approximate surface area is 128 Å². The molecule has 1 rings (SSSR count). The molecule has 0 aromatic rings. The third kappa shape index (κ3) is 4.57. The van der Waals surface area contributed by atoms with Gasteiger partial charge in [-0.05, 0) is 18.0 Å². The van der Waals surface area contributed by atoms with Crippen LogP contribution in [0, 0.1) is 5.92 Å². The zero-order valence-electron chi connectivity index (χ0n) is 13.2. The van der Waals surface area contributed by atoms with Crippen molar-refractivity contribution >= 4 is 31.3 Å². The summed E-state index contributed by atoms with van der Waals surface area (Å²) in [6.07, 6.45) is 0. The van der Waals surface area contributed by atoms with Crippen LogP contribution in [0.15, 0.2) is 9.98 Å². The lowest BCUT2D eigenvalue weighted by Crippen LogP contribution is -2.42. The molecular formula is C14H27ClN2O2Si. The molecule has 0 saturated heterocycles. The Morgan fingerprint density at radius 3 is 2.45 bits per heavy atom. The standard InChI is InChI=1S/C14H27ClN2O2Si/c1-10(2)13-11(8-18)16-12(14(17-13)19-3)9-20(4,5)7-6-15/h10,12-13,18H,6-9H2,1-5H3/t12-,13+/m0/s1. The van der Waals surface area contributed by atoms with Crippen LogP contribution < -0.4 is 0 Å². The number of halogens is 1. The van der Waals surface area contributed by atoms with Gasteiger partial charge in [0.05, 0.1) is 33.5 Å². The van der Waals surface area contributed by atoms with E-state index in [0.29, 0.717) is 17.7 Å². The smallest absolute Gasteiger partial charge is 0.208 e. The monoisotopic (exact) mass is 318 g/mol. The number of aliphatic hydroxyl groups is 1. The van der Waals surface area contributed by atoms with E-state index in [9.17, 15) is 5.11 Å². The Balaban J connectivity index is 2.95. The van der Waals surface area contributed by atoms with E-state index in [0.717, 1.165) is 17.8 Å². The van der Waals surface area contributed by atoms with Gasteiger partial charge in [-0.1, -0.05) is 26.9 Å². The Bertz CT molecular complexity index is 383. The van der Waals surface area contributed by atoms with Crippen LogP contribution in [-0.4, -0.2) is 56.5 Å². The topological polar surface area (TPSA) is 54.2 Å². The predicted molar refractivity (Wildman–Crippen MR) is 89.2 cm³/mol. The second kappa shape index (κ2) is 7.57. The highest BCUT2D eigenvalue weighted by atomic mass is 35.5. The van der Waals surface area contributed by atoms with Crippen molar-refractivity contribution in [2.45, 2.75) is 51.1 Å². The third-order valence-corrected chi connectivity index (χ3v) is 7.34. The maximum absolute atomic E-state index is 9.54. The number of alkyl halides is 1. The van der Waals surface area contributed by atoms with Gasteiger partial charge in [0.2, 0.25) is 5.90 Å². The third-order valence-electron chi connectivity index (χ3n) is 3.73. The van der Waals surface area contributed by atoms with Crippen molar-refractivity contribution in [3.63, 3.8) is 0 Å². The molecule has 0 aliphatic carbocycles. The molecule has 0 bridgehead atoms. The quantitative estimate of drug-likeness (QED) is 0.605. The van der Waals surface area contributed by atoms with Crippen molar-refractivity contribution in [3.05, 3.63) is 0 Å². The maximum Gasteiger partial charge on any atom is 0.208 e. The van der Waals surface area contributed by atoms with Gasteiger partial charge in [0.15, 0.2) is 0 Å². The highest BCUT2D eigenvalue weighted by Gasteiger charge is 2.33. The summed E-state index contributed by atoms with van der Waals surface area (Å²) in [6.45, 7) is 8.76. The number of methoxy groups -OCH3 is 1. The van der Waals surface area contributed by atoms with Crippen LogP contribution in [0.2, 0.25) is 25.2 Å². The van der Waals surface area contributed by atoms with E-state index in [2.05, 4.69) is 31.9 Å². The zero-order chi connectivity index (χ0) is 15.3. The summed E-state index contributed by atoms with van der Waals surface area (Å²) in [5, 5.41) is 9.54. The molecule has 0 aromatic heterocycles. The summed E-state index contributed by atoms with van der Waals surface area (Å²) in [5.74, 6) is 1.70. The molecule has 0 saturated carbocycles. The molecule has 1 aliphatic heterocycles. The molecule has 2 atom stereocenters. The molecular weight excluding hydrogens is 292 g/mol. The minimum absolute atomic E-state index is 0.0304. The largest absolute Gasteiger partial charge is 0.483 e. The fourth-order valence-corrected chi connectivity index (χ4v) is 6.06. The van der Waals surface area contributed by atoms with Crippen molar-refractivity contribution in [1.82, 2.24) is 0 Å². The first-order valence-corrected chi connectivity index (χ1v) is 11.1. The van der Waals surface area contributed by atoms with E-state index in [1.165, 1.54) is 0 Å². The number of aliphatic hydroxyl groups excluding tert-OH is 1. The van der Waals surface area contributed by atoms with Crippen molar-refractivity contribution in [2.75, 3.05) is 19.6 Å². The molecule has 0 spiro atoms. The van der Waals surface area contributed by atoms with Crippen molar-refractivity contribution < 1.29 is 9.84 Å². The highest BCUT2D eigenvalue weighted by molar-refractivity contribution is 6.78. The Kier molecular flexibility index (Phi) is 6.68. The highest BCUT2D eigenvalue weighted by Crippen LogP contribution is 2.25. The first-order chi connectivity index (χ1) is 9.34. The normalized spacial score (nSPS) is 23.6. The van der Waals surface area contributed by atoms with Crippen LogP contribution in [-0.2, 0) is 4.74 Å². The van der Waals surface area contributed by atoms with Gasteiger partial charge in [-0.3, -0.25) is 4.99 Å². The van der Waals surface area contributed by atoms with Crippen LogP contribution >= 0.6 is 11.6 Å². The fourth-order valence-electron chi connectivity index (χ4n) is 2.50. The molecule has 6 heteroatoms. The minimum atomic E-state index is -1.42. The van der Waals surface area contributed by atoms with Gasteiger partial charge in [-0.2, -0.15) is 0 Å². The summed E-state index contributed by atoms with van der Waals surface area (Å²) < 4.78 is 5.45. The first-order valence-electron chi connectivity index (χ1n) is 7.19. The maximum atomic E-state index is 9.54. The van der Waals surface area contributed by atoms with E-state index in [4.69, 9.17) is 21.3 Å². The lowest BCUT2D eigenvalue weighted by Gasteiger charge is -2.31. The molecule has 116 valence electrons.